The molecule has 1 nitrogen and oxygen atoms in total. The van der Waals surface area contributed by atoms with Crippen LogP contribution in [0.4, 0.5) is 0 Å². The molecule has 0 radical (unpaired) electrons. The Morgan fingerprint density at radius 2 is 1.40 bits per heavy atom. The second-order valence-corrected chi connectivity index (χ2v) is 9.22. The number of hydrogen-bond donors (Lipinski definition) is 0. The fourth-order valence-electron chi connectivity index (χ4n) is 3.67. The Balaban J connectivity index is 1.63. The molecule has 0 heterocycles. The maximum Gasteiger partial charge on any atom is 0.127 e. The molecule has 0 aliphatic heterocycles. The van der Waals surface area contributed by atoms with Gasteiger partial charge < -0.3 is 4.74 Å². The van der Waals surface area contributed by atoms with Crippen molar-refractivity contribution in [2.45, 2.75) is 57.8 Å². The summed E-state index contributed by atoms with van der Waals surface area (Å²) >= 11 is 0. The van der Waals surface area contributed by atoms with Crippen molar-refractivity contribution in [3.8, 4) is 23.8 Å². The number of rotatable bonds is 7. The summed E-state index contributed by atoms with van der Waals surface area (Å²) in [5.41, 5.74) is 3.72. The van der Waals surface area contributed by atoms with Crippen molar-refractivity contribution in [3.05, 3.63) is 95.6 Å². The minimum Gasteiger partial charge on any atom is -0.457 e. The van der Waals surface area contributed by atoms with Gasteiger partial charge >= 0.3 is 0 Å². The summed E-state index contributed by atoms with van der Waals surface area (Å²) in [5, 5.41) is 0. The molecule has 0 aliphatic rings. The maximum absolute atomic E-state index is 5.98. The first-order valence-corrected chi connectivity index (χ1v) is 10.7. The Hall–Kier alpha value is -2.98. The van der Waals surface area contributed by atoms with E-state index in [2.05, 4.69) is 76.1 Å². The van der Waals surface area contributed by atoms with Crippen molar-refractivity contribution < 1.29 is 4.74 Å². The lowest BCUT2D eigenvalue weighted by Crippen LogP contribution is -2.20. The molecule has 0 aromatic heterocycles. The predicted molar refractivity (Wildman–Crippen MR) is 127 cm³/mol. The largest absolute Gasteiger partial charge is 0.457 e. The van der Waals surface area contributed by atoms with Gasteiger partial charge in [0.2, 0.25) is 0 Å². The van der Waals surface area contributed by atoms with Gasteiger partial charge in [-0.3, -0.25) is 0 Å². The third-order valence-corrected chi connectivity index (χ3v) is 5.73. The molecule has 30 heavy (non-hydrogen) atoms. The van der Waals surface area contributed by atoms with E-state index in [9.17, 15) is 0 Å². The normalized spacial score (nSPS) is 13.3. The van der Waals surface area contributed by atoms with Gasteiger partial charge in [0.15, 0.2) is 0 Å². The molecule has 0 fully saturated rings. The number of hydrogen-bond acceptors (Lipinski definition) is 1. The average molecular weight is 397 g/mol. The topological polar surface area (TPSA) is 9.23 Å². The fourth-order valence-corrected chi connectivity index (χ4v) is 3.67. The highest BCUT2D eigenvalue weighted by molar-refractivity contribution is 5.37. The van der Waals surface area contributed by atoms with Crippen LogP contribution in [0.15, 0.2) is 78.9 Å². The highest BCUT2D eigenvalue weighted by Crippen LogP contribution is 2.32. The monoisotopic (exact) mass is 396 g/mol. The van der Waals surface area contributed by atoms with Crippen LogP contribution in [0.3, 0.4) is 0 Å². The van der Waals surface area contributed by atoms with Gasteiger partial charge in [0.1, 0.15) is 11.5 Å². The minimum atomic E-state index is -0.255. The van der Waals surface area contributed by atoms with Crippen LogP contribution in [0.1, 0.15) is 57.2 Å². The summed E-state index contributed by atoms with van der Waals surface area (Å²) in [6, 6.07) is 27.1. The zero-order valence-electron chi connectivity index (χ0n) is 18.6. The Bertz CT molecular complexity index is 987. The van der Waals surface area contributed by atoms with Gasteiger partial charge in [0.25, 0.3) is 0 Å². The number of aryl methyl sites for hydroxylation is 1. The molecule has 3 aromatic carbocycles. The van der Waals surface area contributed by atoms with Crippen LogP contribution in [0.2, 0.25) is 0 Å². The Kier molecular flexibility index (Phi) is 6.68. The first kappa shape index (κ1) is 21.7. The average Bonchev–Trinajstić information content (AvgIpc) is 2.74. The van der Waals surface area contributed by atoms with Crippen molar-refractivity contribution >= 4 is 0 Å². The van der Waals surface area contributed by atoms with E-state index in [-0.39, 0.29) is 10.8 Å². The van der Waals surface area contributed by atoms with Crippen LogP contribution in [0.25, 0.3) is 0 Å². The van der Waals surface area contributed by atoms with Gasteiger partial charge in [-0.1, -0.05) is 81.3 Å². The van der Waals surface area contributed by atoms with Crippen molar-refractivity contribution in [1.82, 2.24) is 0 Å². The van der Waals surface area contributed by atoms with Gasteiger partial charge in [-0.25, -0.2) is 0 Å². The Morgan fingerprint density at radius 3 is 2.03 bits per heavy atom. The number of ether oxygens (including phenoxy) is 1. The van der Waals surface area contributed by atoms with Crippen LogP contribution in [-0.2, 0) is 17.3 Å². The number of terminal acetylenes is 1. The van der Waals surface area contributed by atoms with Gasteiger partial charge in [-0.15, -0.1) is 6.42 Å². The van der Waals surface area contributed by atoms with E-state index in [4.69, 9.17) is 11.2 Å². The van der Waals surface area contributed by atoms with E-state index < -0.39 is 0 Å². The van der Waals surface area contributed by atoms with Crippen LogP contribution in [0.5, 0.6) is 11.5 Å². The van der Waals surface area contributed by atoms with Gasteiger partial charge in [0.05, 0.1) is 5.41 Å². The van der Waals surface area contributed by atoms with Crippen LogP contribution in [0, 0.1) is 12.3 Å². The molecule has 0 saturated heterocycles. The highest BCUT2D eigenvalue weighted by atomic mass is 16.5. The standard InChI is InChI=1S/C29H32O/c1-6-29(5,25-19-17-24(18-20-25)28(2,3)4)21-11-13-23-12-10-16-27(22-23)30-26-14-8-7-9-15-26/h1,7-10,12,14-20,22H,11,13,21H2,2-5H3. The summed E-state index contributed by atoms with van der Waals surface area (Å²) in [6.45, 7) is 8.88. The van der Waals surface area contributed by atoms with Crippen molar-refractivity contribution in [1.29, 1.82) is 0 Å². The summed E-state index contributed by atoms with van der Waals surface area (Å²) < 4.78 is 5.96. The molecule has 0 saturated carbocycles. The molecule has 0 bridgehead atoms. The molecule has 0 amide bonds. The summed E-state index contributed by atoms with van der Waals surface area (Å²) in [5.74, 6) is 4.78. The van der Waals surface area contributed by atoms with Gasteiger partial charge in [0, 0.05) is 0 Å². The second-order valence-electron chi connectivity index (χ2n) is 9.22. The van der Waals surface area contributed by atoms with Crippen LogP contribution >= 0.6 is 0 Å². The molecule has 1 heteroatoms. The maximum atomic E-state index is 5.98. The van der Waals surface area contributed by atoms with E-state index in [1.807, 2.05) is 36.4 Å². The molecule has 3 rings (SSSR count). The van der Waals surface area contributed by atoms with Gasteiger partial charge in [-0.2, -0.15) is 0 Å². The molecule has 3 aromatic rings. The number of benzene rings is 3. The summed E-state index contributed by atoms with van der Waals surface area (Å²) in [7, 11) is 0. The third-order valence-electron chi connectivity index (χ3n) is 5.73. The van der Waals surface area contributed by atoms with E-state index in [1.165, 1.54) is 16.7 Å². The van der Waals surface area contributed by atoms with Crippen LogP contribution < -0.4 is 4.74 Å². The first-order chi connectivity index (χ1) is 14.3. The minimum absolute atomic E-state index is 0.151. The molecule has 0 aliphatic carbocycles. The molecule has 0 spiro atoms. The van der Waals surface area contributed by atoms with E-state index in [1.54, 1.807) is 0 Å². The zero-order valence-corrected chi connectivity index (χ0v) is 18.6. The van der Waals surface area contributed by atoms with Crippen molar-refractivity contribution in [2.75, 3.05) is 0 Å². The molecule has 154 valence electrons. The summed E-state index contributed by atoms with van der Waals surface area (Å²) in [4.78, 5) is 0. The molecule has 1 atom stereocenters. The Labute approximate surface area is 182 Å². The molecule has 0 N–H and O–H groups in total. The zero-order chi connectivity index (χ0) is 21.6. The summed E-state index contributed by atoms with van der Waals surface area (Å²) in [6.07, 6.45) is 8.93. The Morgan fingerprint density at radius 1 is 0.767 bits per heavy atom. The lowest BCUT2D eigenvalue weighted by atomic mass is 9.77. The van der Waals surface area contributed by atoms with Crippen LogP contribution in [-0.4, -0.2) is 0 Å². The lowest BCUT2D eigenvalue weighted by molar-refractivity contribution is 0.481. The predicted octanol–water partition coefficient (Wildman–Crippen LogP) is 7.69. The smallest absolute Gasteiger partial charge is 0.127 e. The molecule has 1 unspecified atom stereocenters. The first-order valence-electron chi connectivity index (χ1n) is 10.7. The quantitative estimate of drug-likeness (QED) is 0.372. The van der Waals surface area contributed by atoms with E-state index in [0.29, 0.717) is 0 Å². The van der Waals surface area contributed by atoms with Crippen molar-refractivity contribution in [2.24, 2.45) is 0 Å². The molecular weight excluding hydrogens is 364 g/mol. The third kappa shape index (κ3) is 5.55. The van der Waals surface area contributed by atoms with Gasteiger partial charge in [-0.05, 0) is 72.6 Å². The van der Waals surface area contributed by atoms with Crippen molar-refractivity contribution in [3.63, 3.8) is 0 Å². The second kappa shape index (κ2) is 9.23. The molecular formula is C29H32O. The fraction of sp³-hybridized carbons (Fsp3) is 0.310. The van der Waals surface area contributed by atoms with E-state index >= 15 is 0 Å². The highest BCUT2D eigenvalue weighted by Gasteiger charge is 2.24. The lowest BCUT2D eigenvalue weighted by Gasteiger charge is -2.26. The number of para-hydroxylation sites is 1. The van der Waals surface area contributed by atoms with E-state index in [0.717, 1.165) is 30.8 Å². The SMILES string of the molecule is C#CC(C)(CCCc1cccc(Oc2ccccc2)c1)c1ccc(C(C)(C)C)cc1.